The van der Waals surface area contributed by atoms with E-state index in [9.17, 15) is 34.8 Å². The van der Waals surface area contributed by atoms with E-state index in [0.29, 0.717) is 22.2 Å². The third kappa shape index (κ3) is 6.30. The molecule has 0 saturated carbocycles. The van der Waals surface area contributed by atoms with Crippen LogP contribution in [0.1, 0.15) is 39.1 Å². The Hall–Kier alpha value is -2.27. The molecule has 0 aliphatic carbocycles. The second-order valence-electron chi connectivity index (χ2n) is 9.31. The first-order valence-corrected chi connectivity index (χ1v) is 14.0. The Kier molecular flexibility index (Phi) is 7.84. The first-order valence-electron chi connectivity index (χ1n) is 11.3. The molecule has 38 heavy (non-hydrogen) atoms. The van der Waals surface area contributed by atoms with E-state index in [0.717, 1.165) is 17.4 Å². The standard InChI is InChI=1S/C26H21Cl2F6NO2S/c1-38(36,37)24(17-10-19(25(29,30)31)12-20(11-17)26(32,33)34)18-13-35(14-18)23(15-2-6-21(27)7-3-15)16-4-8-22(28)9-5-16/h2-12,18,23-24H,13-14H2,1H3/t24-/m0/s1. The molecule has 1 aliphatic heterocycles. The molecule has 12 heteroatoms. The van der Waals surface area contributed by atoms with Crippen LogP contribution in [0.15, 0.2) is 66.7 Å². The van der Waals surface area contributed by atoms with Crippen molar-refractivity contribution in [2.24, 2.45) is 5.92 Å². The highest BCUT2D eigenvalue weighted by atomic mass is 35.5. The van der Waals surface area contributed by atoms with Gasteiger partial charge in [0.25, 0.3) is 0 Å². The maximum atomic E-state index is 13.4. The summed E-state index contributed by atoms with van der Waals surface area (Å²) < 4.78 is 106. The van der Waals surface area contributed by atoms with E-state index in [1.165, 1.54) is 0 Å². The highest BCUT2D eigenvalue weighted by Gasteiger charge is 2.45. The molecule has 0 unspecified atom stereocenters. The Balaban J connectivity index is 1.71. The molecule has 0 spiro atoms. The molecule has 1 heterocycles. The SMILES string of the molecule is CS(=O)(=O)[C@@H](c1cc(C(F)(F)F)cc(C(F)(F)F)c1)C1CN(C(c2ccc(Cl)cc2)c2ccc(Cl)cc2)C1. The number of hydrogen-bond acceptors (Lipinski definition) is 3. The molecule has 1 aliphatic rings. The van der Waals surface area contributed by atoms with Crippen LogP contribution in [0, 0.1) is 5.92 Å². The fourth-order valence-electron chi connectivity index (χ4n) is 4.87. The van der Waals surface area contributed by atoms with Crippen LogP contribution in [0.2, 0.25) is 10.0 Å². The lowest BCUT2D eigenvalue weighted by molar-refractivity contribution is -0.143. The first-order chi connectivity index (χ1) is 17.5. The first kappa shape index (κ1) is 28.7. The topological polar surface area (TPSA) is 37.4 Å². The molecule has 0 aromatic heterocycles. The summed E-state index contributed by atoms with van der Waals surface area (Å²) in [6.45, 7) is 0.233. The minimum absolute atomic E-state index is 0.00693. The van der Waals surface area contributed by atoms with E-state index >= 15 is 0 Å². The fourth-order valence-corrected chi connectivity index (χ4v) is 6.62. The van der Waals surface area contributed by atoms with Gasteiger partial charge in [-0.1, -0.05) is 47.5 Å². The molecule has 0 radical (unpaired) electrons. The molecule has 1 saturated heterocycles. The predicted octanol–water partition coefficient (Wildman–Crippen LogP) is 7.84. The Morgan fingerprint density at radius 3 is 1.47 bits per heavy atom. The van der Waals surface area contributed by atoms with E-state index < -0.39 is 50.0 Å². The van der Waals surface area contributed by atoms with E-state index in [1.54, 1.807) is 48.5 Å². The van der Waals surface area contributed by atoms with Crippen molar-refractivity contribution in [1.29, 1.82) is 0 Å². The Morgan fingerprint density at radius 2 is 1.13 bits per heavy atom. The Morgan fingerprint density at radius 1 is 0.737 bits per heavy atom. The zero-order chi connectivity index (χ0) is 28.0. The minimum atomic E-state index is -5.09. The normalized spacial score (nSPS) is 16.5. The zero-order valence-electron chi connectivity index (χ0n) is 19.7. The average molecular weight is 596 g/mol. The Labute approximate surface area is 225 Å². The molecule has 1 fully saturated rings. The summed E-state index contributed by atoms with van der Waals surface area (Å²) in [6, 6.07) is 14.6. The second-order valence-corrected chi connectivity index (χ2v) is 12.3. The molecular weight excluding hydrogens is 575 g/mol. The molecule has 3 aromatic rings. The number of halogens is 8. The van der Waals surface area contributed by atoms with Gasteiger partial charge in [-0.25, -0.2) is 8.42 Å². The van der Waals surface area contributed by atoms with Crippen molar-refractivity contribution in [2.45, 2.75) is 23.6 Å². The van der Waals surface area contributed by atoms with Crippen molar-refractivity contribution in [3.05, 3.63) is 105 Å². The number of hydrogen-bond donors (Lipinski definition) is 0. The van der Waals surface area contributed by atoms with Crippen LogP contribution in [0.5, 0.6) is 0 Å². The van der Waals surface area contributed by atoms with Crippen LogP contribution in [-0.4, -0.2) is 32.7 Å². The minimum Gasteiger partial charge on any atom is -0.292 e. The van der Waals surface area contributed by atoms with Crippen molar-refractivity contribution in [3.8, 4) is 0 Å². The van der Waals surface area contributed by atoms with Crippen molar-refractivity contribution >= 4 is 33.0 Å². The van der Waals surface area contributed by atoms with Gasteiger partial charge in [0.2, 0.25) is 0 Å². The molecule has 0 N–H and O–H groups in total. The van der Waals surface area contributed by atoms with Gasteiger partial charge in [-0.05, 0) is 59.2 Å². The van der Waals surface area contributed by atoms with E-state index in [1.807, 2.05) is 4.90 Å². The van der Waals surface area contributed by atoms with E-state index in [-0.39, 0.29) is 25.2 Å². The highest BCUT2D eigenvalue weighted by molar-refractivity contribution is 7.90. The van der Waals surface area contributed by atoms with Crippen molar-refractivity contribution < 1.29 is 34.8 Å². The third-order valence-electron chi connectivity index (χ3n) is 6.50. The van der Waals surface area contributed by atoms with Gasteiger partial charge in [0.15, 0.2) is 9.84 Å². The number of sulfone groups is 1. The van der Waals surface area contributed by atoms with Crippen molar-refractivity contribution in [1.82, 2.24) is 4.90 Å². The van der Waals surface area contributed by atoms with Gasteiger partial charge < -0.3 is 0 Å². The lowest BCUT2D eigenvalue weighted by Crippen LogP contribution is -2.52. The number of rotatable bonds is 6. The van der Waals surface area contributed by atoms with Gasteiger partial charge in [0.05, 0.1) is 22.4 Å². The fraction of sp³-hybridized carbons (Fsp3) is 0.308. The molecule has 0 bridgehead atoms. The van der Waals surface area contributed by atoms with Crippen LogP contribution in [0.3, 0.4) is 0 Å². The summed E-state index contributed by atoms with van der Waals surface area (Å²) in [6.07, 6.45) is -9.35. The smallest absolute Gasteiger partial charge is 0.292 e. The van der Waals surface area contributed by atoms with E-state index in [2.05, 4.69) is 0 Å². The van der Waals surface area contributed by atoms with Gasteiger partial charge in [-0.15, -0.1) is 0 Å². The molecule has 3 nitrogen and oxygen atoms in total. The highest BCUT2D eigenvalue weighted by Crippen LogP contribution is 2.45. The zero-order valence-corrected chi connectivity index (χ0v) is 22.0. The molecule has 3 aromatic carbocycles. The largest absolute Gasteiger partial charge is 0.416 e. The van der Waals surface area contributed by atoms with Crippen LogP contribution >= 0.6 is 23.2 Å². The summed E-state index contributed by atoms with van der Waals surface area (Å²) in [5, 5.41) is -0.544. The van der Waals surface area contributed by atoms with Crippen molar-refractivity contribution in [3.63, 3.8) is 0 Å². The van der Waals surface area contributed by atoms with Gasteiger partial charge in [-0.3, -0.25) is 4.90 Å². The second kappa shape index (κ2) is 10.4. The van der Waals surface area contributed by atoms with Gasteiger partial charge in [-0.2, -0.15) is 26.3 Å². The third-order valence-corrected chi connectivity index (χ3v) is 8.59. The Bertz CT molecular complexity index is 1320. The maximum absolute atomic E-state index is 13.4. The summed E-state index contributed by atoms with van der Waals surface area (Å²) >= 11 is 12.1. The van der Waals surface area contributed by atoms with Crippen LogP contribution in [0.4, 0.5) is 26.3 Å². The molecule has 1 atom stereocenters. The maximum Gasteiger partial charge on any atom is 0.416 e. The lowest BCUT2D eigenvalue weighted by atomic mass is 9.85. The monoisotopic (exact) mass is 595 g/mol. The van der Waals surface area contributed by atoms with E-state index in [4.69, 9.17) is 23.2 Å². The van der Waals surface area contributed by atoms with Crippen LogP contribution in [0.25, 0.3) is 0 Å². The molecule has 4 rings (SSSR count). The van der Waals surface area contributed by atoms with Crippen molar-refractivity contribution in [2.75, 3.05) is 19.3 Å². The van der Waals surface area contributed by atoms with Gasteiger partial charge >= 0.3 is 12.4 Å². The lowest BCUT2D eigenvalue weighted by Gasteiger charge is -2.47. The summed E-state index contributed by atoms with van der Waals surface area (Å²) in [5.41, 5.74) is -1.98. The van der Waals surface area contributed by atoms with Gasteiger partial charge in [0.1, 0.15) is 0 Å². The number of benzene rings is 3. The molecular formula is C26H21Cl2F6NO2S. The molecule has 0 amide bonds. The molecule has 204 valence electrons. The number of nitrogens with zero attached hydrogens (tertiary/aromatic N) is 1. The number of likely N-dealkylation sites (tertiary alicyclic amines) is 1. The summed E-state index contributed by atoms with van der Waals surface area (Å²) in [5.74, 6) is -0.739. The van der Waals surface area contributed by atoms with Gasteiger partial charge in [0, 0.05) is 35.3 Å². The quantitative estimate of drug-likeness (QED) is 0.272. The predicted molar refractivity (Wildman–Crippen MR) is 134 cm³/mol. The summed E-state index contributed by atoms with van der Waals surface area (Å²) in [4.78, 5) is 1.91. The van der Waals surface area contributed by atoms with Crippen LogP contribution in [-0.2, 0) is 22.2 Å². The average Bonchev–Trinajstić information content (AvgIpc) is 2.77. The summed E-state index contributed by atoms with van der Waals surface area (Å²) in [7, 11) is -4.09. The number of alkyl halides is 6. The van der Waals surface area contributed by atoms with Crippen LogP contribution < -0.4 is 0 Å².